The van der Waals surface area contributed by atoms with Gasteiger partial charge in [0.2, 0.25) is 6.61 Å². The number of methoxy groups -OCH3 is 1. The summed E-state index contributed by atoms with van der Waals surface area (Å²) < 4.78 is 40.8. The molecule has 0 aromatic carbocycles. The minimum absolute atomic E-state index is 0.000536. The summed E-state index contributed by atoms with van der Waals surface area (Å²) in [7, 11) is -4.05. The van der Waals surface area contributed by atoms with Gasteiger partial charge in [-0.2, -0.15) is 8.42 Å². The molecular weight excluding hydrogens is 466 g/mol. The number of thiazole rings is 1. The van der Waals surface area contributed by atoms with E-state index in [9.17, 15) is 32.1 Å². The van der Waals surface area contributed by atoms with Crippen LogP contribution in [0.1, 0.15) is 5.69 Å². The highest BCUT2D eigenvalue weighted by Crippen LogP contribution is 2.24. The van der Waals surface area contributed by atoms with Gasteiger partial charge >= 0.3 is 22.4 Å². The number of oxime groups is 1. The van der Waals surface area contributed by atoms with Crippen LogP contribution in [0.4, 0.5) is 9.93 Å². The Bertz CT molecular complexity index is 1020. The molecule has 2 heterocycles. The molecule has 2 atom stereocenters. The normalized spacial score (nSPS) is 18.7. The maximum absolute atomic E-state index is 12.6. The van der Waals surface area contributed by atoms with Crippen LogP contribution in [0.5, 0.6) is 0 Å². The number of β-lactam (4-membered cyclic amide) rings is 1. The fourth-order valence-corrected chi connectivity index (χ4v) is 3.71. The number of nitrogen functional groups attached to an aromatic ring is 1. The van der Waals surface area contributed by atoms with Crippen LogP contribution in [-0.2, 0) is 39.0 Å². The Kier molecular flexibility index (Phi) is 7.31. The zero-order valence-electron chi connectivity index (χ0n) is 15.5. The lowest BCUT2D eigenvalue weighted by molar-refractivity contribution is -0.147. The van der Waals surface area contributed by atoms with E-state index in [0.29, 0.717) is 0 Å². The second-order valence-electron chi connectivity index (χ2n) is 5.57. The molecule has 5 N–H and O–H groups in total. The Balaban J connectivity index is 2.24. The molecule has 0 spiro atoms. The molecular formula is C13H15N5O11S2. The Morgan fingerprint density at radius 2 is 2.10 bits per heavy atom. The number of anilines is 1. The smallest absolute Gasteiger partial charge is 0.479 e. The van der Waals surface area contributed by atoms with Gasteiger partial charge in [0.1, 0.15) is 24.4 Å². The number of nitrogens with two attached hydrogens (primary N) is 1. The first-order valence-electron chi connectivity index (χ1n) is 7.91. The van der Waals surface area contributed by atoms with E-state index < -0.39 is 65.3 Å². The van der Waals surface area contributed by atoms with Crippen LogP contribution in [0.25, 0.3) is 0 Å². The molecule has 1 saturated heterocycles. The highest BCUT2D eigenvalue weighted by Gasteiger charge is 2.55. The number of carboxylic acid groups (broad SMARTS) is 1. The molecule has 2 unspecified atom stereocenters. The molecule has 1 fully saturated rings. The number of carboxylic acids is 1. The molecule has 0 saturated carbocycles. The second kappa shape index (κ2) is 9.53. The fraction of sp³-hybridized carbons (Fsp3) is 0.385. The minimum atomic E-state index is -5.03. The van der Waals surface area contributed by atoms with E-state index in [0.717, 1.165) is 18.4 Å². The van der Waals surface area contributed by atoms with Crippen molar-refractivity contribution in [3.8, 4) is 0 Å². The minimum Gasteiger partial charge on any atom is -0.479 e. The molecule has 0 aliphatic carbocycles. The third-order valence-corrected chi connectivity index (χ3v) is 5.19. The van der Waals surface area contributed by atoms with Crippen LogP contribution in [-0.4, -0.2) is 89.4 Å². The number of hydrogen-bond donors (Lipinski definition) is 4. The second-order valence-corrected chi connectivity index (χ2v) is 7.75. The maximum atomic E-state index is 12.6. The predicted molar refractivity (Wildman–Crippen MR) is 99.1 cm³/mol. The van der Waals surface area contributed by atoms with Gasteiger partial charge in [0.15, 0.2) is 10.8 Å². The van der Waals surface area contributed by atoms with E-state index in [1.54, 1.807) is 0 Å². The molecule has 2 rings (SSSR count). The maximum Gasteiger partial charge on any atom is 0.508 e. The average Bonchev–Trinajstić information content (AvgIpc) is 3.10. The van der Waals surface area contributed by atoms with E-state index in [2.05, 4.69) is 29.8 Å². The Morgan fingerprint density at radius 1 is 1.42 bits per heavy atom. The zero-order valence-corrected chi connectivity index (χ0v) is 17.1. The molecule has 18 heteroatoms. The molecule has 1 aliphatic rings. The van der Waals surface area contributed by atoms with Crippen molar-refractivity contribution in [1.82, 2.24) is 14.6 Å². The zero-order chi connectivity index (χ0) is 23.3. The number of rotatable bonds is 9. The van der Waals surface area contributed by atoms with Crippen LogP contribution < -0.4 is 11.1 Å². The SMILES string of the molecule is COC(=O)OCC1C(NC(=O)/C(=N\OCC(=O)O)c2csc(N)n2)C(=O)N1S(=O)(=O)O. The Labute approximate surface area is 177 Å². The van der Waals surface area contributed by atoms with Crippen molar-refractivity contribution >= 4 is 56.4 Å². The molecule has 1 aromatic rings. The number of carbonyl (C=O) groups is 4. The van der Waals surface area contributed by atoms with Crippen LogP contribution in [0, 0.1) is 0 Å². The Hall–Kier alpha value is -3.51. The van der Waals surface area contributed by atoms with Crippen LogP contribution in [0.15, 0.2) is 10.5 Å². The summed E-state index contributed by atoms with van der Waals surface area (Å²) in [5.74, 6) is -3.75. The van der Waals surface area contributed by atoms with Gasteiger partial charge in [-0.05, 0) is 0 Å². The highest BCUT2D eigenvalue weighted by molar-refractivity contribution is 7.84. The molecule has 0 radical (unpaired) electrons. The molecule has 1 aromatic heterocycles. The number of nitrogens with one attached hydrogen (secondary N) is 1. The first kappa shape index (κ1) is 23.8. The molecule has 16 nitrogen and oxygen atoms in total. The average molecular weight is 481 g/mol. The lowest BCUT2D eigenvalue weighted by Gasteiger charge is -2.43. The summed E-state index contributed by atoms with van der Waals surface area (Å²) >= 11 is 0.922. The van der Waals surface area contributed by atoms with E-state index >= 15 is 0 Å². The number of carbonyl (C=O) groups excluding carboxylic acids is 3. The van der Waals surface area contributed by atoms with E-state index in [1.165, 1.54) is 5.38 Å². The van der Waals surface area contributed by atoms with Crippen molar-refractivity contribution in [2.45, 2.75) is 12.1 Å². The van der Waals surface area contributed by atoms with Crippen molar-refractivity contribution < 1.29 is 51.6 Å². The molecule has 2 amide bonds. The van der Waals surface area contributed by atoms with Crippen molar-refractivity contribution in [2.24, 2.45) is 5.16 Å². The summed E-state index contributed by atoms with van der Waals surface area (Å²) in [4.78, 5) is 54.8. The summed E-state index contributed by atoms with van der Waals surface area (Å²) in [6.07, 6.45) is -1.21. The number of nitrogens with zero attached hydrogens (tertiary/aromatic N) is 3. The Morgan fingerprint density at radius 3 is 2.61 bits per heavy atom. The van der Waals surface area contributed by atoms with Crippen LogP contribution in [0.3, 0.4) is 0 Å². The third-order valence-electron chi connectivity index (χ3n) is 3.57. The van der Waals surface area contributed by atoms with Gasteiger partial charge in [-0.1, -0.05) is 5.16 Å². The number of aliphatic carboxylic acids is 1. The molecule has 0 bridgehead atoms. The predicted octanol–water partition coefficient (Wildman–Crippen LogP) is -2.19. The van der Waals surface area contributed by atoms with Gasteiger partial charge < -0.3 is 30.5 Å². The van der Waals surface area contributed by atoms with Crippen molar-refractivity contribution in [3.63, 3.8) is 0 Å². The largest absolute Gasteiger partial charge is 0.508 e. The summed E-state index contributed by atoms with van der Waals surface area (Å²) in [6, 6.07) is -3.08. The van der Waals surface area contributed by atoms with Gasteiger partial charge in [0, 0.05) is 5.38 Å². The van der Waals surface area contributed by atoms with Gasteiger partial charge in [0.25, 0.3) is 11.8 Å². The fourth-order valence-electron chi connectivity index (χ4n) is 2.30. The number of amides is 2. The topological polar surface area (TPSA) is 237 Å². The lowest BCUT2D eigenvalue weighted by Crippen LogP contribution is -2.73. The number of hydrogen-bond acceptors (Lipinski definition) is 13. The standard InChI is InChI=1S/C13H15N5O11S2/c1-27-13(23)28-2-6-9(11(22)18(6)31(24,25)26)16-10(21)8(17-29-3-7(19)20)5-4-30-12(14)15-5/h4,6,9H,2-3H2,1H3,(H2,14,15)(H,16,21)(H,19,20)(H,24,25,26)/b17-8-. The summed E-state index contributed by atoms with van der Waals surface area (Å²) in [6.45, 7) is -1.65. The number of ether oxygens (including phenoxy) is 2. The van der Waals surface area contributed by atoms with E-state index in [-0.39, 0.29) is 15.1 Å². The highest BCUT2D eigenvalue weighted by atomic mass is 32.2. The van der Waals surface area contributed by atoms with Crippen molar-refractivity contribution in [3.05, 3.63) is 11.1 Å². The molecule has 170 valence electrons. The first-order chi connectivity index (χ1) is 14.5. The van der Waals surface area contributed by atoms with Gasteiger partial charge in [0.05, 0.1) is 7.11 Å². The van der Waals surface area contributed by atoms with E-state index in [1.807, 2.05) is 0 Å². The summed E-state index contributed by atoms with van der Waals surface area (Å²) in [5, 5.41) is 15.5. The van der Waals surface area contributed by atoms with Gasteiger partial charge in [-0.3, -0.25) is 14.1 Å². The van der Waals surface area contributed by atoms with Crippen molar-refractivity contribution in [2.75, 3.05) is 26.1 Å². The van der Waals surface area contributed by atoms with Gasteiger partial charge in [-0.25, -0.2) is 18.9 Å². The van der Waals surface area contributed by atoms with E-state index in [4.69, 9.17) is 10.8 Å². The van der Waals surface area contributed by atoms with Crippen LogP contribution >= 0.6 is 11.3 Å². The lowest BCUT2D eigenvalue weighted by atomic mass is 9.99. The number of aromatic nitrogens is 1. The van der Waals surface area contributed by atoms with Gasteiger partial charge in [-0.15, -0.1) is 11.3 Å². The quantitative estimate of drug-likeness (QED) is 0.0965. The summed E-state index contributed by atoms with van der Waals surface area (Å²) in [5.41, 5.74) is 4.80. The third kappa shape index (κ3) is 5.77. The monoisotopic (exact) mass is 481 g/mol. The molecule has 1 aliphatic heterocycles. The van der Waals surface area contributed by atoms with Crippen LogP contribution in [0.2, 0.25) is 0 Å². The molecule has 31 heavy (non-hydrogen) atoms. The van der Waals surface area contributed by atoms with Crippen molar-refractivity contribution in [1.29, 1.82) is 0 Å². The first-order valence-corrected chi connectivity index (χ1v) is 10.2.